The molecular weight excluding hydrogens is 280 g/mol. The van der Waals surface area contributed by atoms with Crippen molar-refractivity contribution in [3.8, 4) is 5.75 Å². The van der Waals surface area contributed by atoms with Crippen LogP contribution in [-0.2, 0) is 12.0 Å². The zero-order chi connectivity index (χ0) is 15.5. The Morgan fingerprint density at radius 1 is 1.29 bits per heavy atom. The fourth-order valence-corrected chi connectivity index (χ4v) is 3.20. The number of hydrogen-bond donors (Lipinski definition) is 1. The lowest BCUT2D eigenvalue weighted by atomic mass is 9.95. The Bertz CT molecular complexity index is 573. The van der Waals surface area contributed by atoms with Crippen molar-refractivity contribution in [2.75, 3.05) is 7.11 Å². The van der Waals surface area contributed by atoms with E-state index in [1.807, 2.05) is 12.1 Å². The molecule has 0 amide bonds. The lowest BCUT2D eigenvalue weighted by Gasteiger charge is -2.22. The molecule has 0 aliphatic heterocycles. The molecule has 0 saturated carbocycles. The van der Waals surface area contributed by atoms with Gasteiger partial charge >= 0.3 is 0 Å². The molecule has 3 nitrogen and oxygen atoms in total. The highest BCUT2D eigenvalue weighted by molar-refractivity contribution is 7.09. The number of ether oxygens (including phenoxy) is 1. The Kier molecular flexibility index (Phi) is 5.01. The van der Waals surface area contributed by atoms with E-state index in [1.54, 1.807) is 18.4 Å². The Morgan fingerprint density at radius 3 is 2.48 bits per heavy atom. The number of benzene rings is 1. The lowest BCUT2D eigenvalue weighted by molar-refractivity contribution is 0.414. The number of hydrogen-bond acceptors (Lipinski definition) is 4. The highest BCUT2D eigenvalue weighted by Crippen LogP contribution is 2.29. The van der Waals surface area contributed by atoms with Crippen molar-refractivity contribution in [1.82, 2.24) is 4.98 Å². The first-order valence-electron chi connectivity index (χ1n) is 7.30. The third-order valence-electron chi connectivity index (χ3n) is 3.69. The molecule has 114 valence electrons. The van der Waals surface area contributed by atoms with E-state index in [-0.39, 0.29) is 5.54 Å². The zero-order valence-corrected chi connectivity index (χ0v) is 14.0. The standard InChI is InChI=1S/C17H24N2OS/c1-12(2)15-11-21-16(19-15)17(3,18)10-9-13-5-7-14(20-4)8-6-13/h5-8,11-12H,9-10,18H2,1-4H3. The molecule has 1 aromatic carbocycles. The van der Waals surface area contributed by atoms with Crippen LogP contribution in [0.5, 0.6) is 5.75 Å². The number of aryl methyl sites for hydroxylation is 1. The molecule has 0 radical (unpaired) electrons. The molecule has 2 aromatic rings. The summed E-state index contributed by atoms with van der Waals surface area (Å²) in [5.41, 5.74) is 8.51. The summed E-state index contributed by atoms with van der Waals surface area (Å²) in [7, 11) is 1.68. The van der Waals surface area contributed by atoms with Gasteiger partial charge in [-0.05, 0) is 43.4 Å². The number of rotatable bonds is 6. The number of methoxy groups -OCH3 is 1. The van der Waals surface area contributed by atoms with Crippen molar-refractivity contribution in [1.29, 1.82) is 0 Å². The average Bonchev–Trinajstić information content (AvgIpc) is 2.97. The molecule has 4 heteroatoms. The Balaban J connectivity index is 2.02. The summed E-state index contributed by atoms with van der Waals surface area (Å²) in [6.07, 6.45) is 1.82. The fourth-order valence-electron chi connectivity index (χ4n) is 2.12. The molecule has 0 fully saturated rings. The largest absolute Gasteiger partial charge is 0.497 e. The van der Waals surface area contributed by atoms with Gasteiger partial charge in [-0.1, -0.05) is 26.0 Å². The van der Waals surface area contributed by atoms with Gasteiger partial charge in [0, 0.05) is 5.38 Å². The molecule has 1 atom stereocenters. The topological polar surface area (TPSA) is 48.1 Å². The molecule has 0 aliphatic carbocycles. The third kappa shape index (κ3) is 4.05. The van der Waals surface area contributed by atoms with E-state index in [9.17, 15) is 0 Å². The van der Waals surface area contributed by atoms with Gasteiger partial charge < -0.3 is 10.5 Å². The average molecular weight is 304 g/mol. The van der Waals surface area contributed by atoms with E-state index in [0.29, 0.717) is 5.92 Å². The normalized spacial score (nSPS) is 14.2. The van der Waals surface area contributed by atoms with Gasteiger partial charge in [0.1, 0.15) is 10.8 Å². The zero-order valence-electron chi connectivity index (χ0n) is 13.2. The molecule has 1 unspecified atom stereocenters. The van der Waals surface area contributed by atoms with E-state index in [1.165, 1.54) is 5.56 Å². The third-order valence-corrected chi connectivity index (χ3v) is 4.83. The highest BCUT2D eigenvalue weighted by Gasteiger charge is 2.25. The van der Waals surface area contributed by atoms with Crippen LogP contribution in [0, 0.1) is 0 Å². The van der Waals surface area contributed by atoms with Gasteiger partial charge in [0.15, 0.2) is 0 Å². The van der Waals surface area contributed by atoms with Crippen LogP contribution in [-0.4, -0.2) is 12.1 Å². The van der Waals surface area contributed by atoms with Crippen LogP contribution in [0.15, 0.2) is 29.6 Å². The maximum atomic E-state index is 6.48. The van der Waals surface area contributed by atoms with Gasteiger partial charge in [0.05, 0.1) is 18.3 Å². The molecule has 21 heavy (non-hydrogen) atoms. The quantitative estimate of drug-likeness (QED) is 0.874. The van der Waals surface area contributed by atoms with Crippen LogP contribution < -0.4 is 10.5 Å². The van der Waals surface area contributed by atoms with Gasteiger partial charge in [-0.2, -0.15) is 0 Å². The maximum Gasteiger partial charge on any atom is 0.118 e. The van der Waals surface area contributed by atoms with E-state index in [0.717, 1.165) is 29.3 Å². The predicted molar refractivity (Wildman–Crippen MR) is 89.1 cm³/mol. The summed E-state index contributed by atoms with van der Waals surface area (Å²) in [6.45, 7) is 6.38. The predicted octanol–water partition coefficient (Wildman–Crippen LogP) is 4.08. The van der Waals surface area contributed by atoms with Crippen molar-refractivity contribution in [3.63, 3.8) is 0 Å². The van der Waals surface area contributed by atoms with Crippen LogP contribution in [0.1, 0.15) is 49.4 Å². The van der Waals surface area contributed by atoms with Crippen molar-refractivity contribution < 1.29 is 4.74 Å². The number of thiazole rings is 1. The Hall–Kier alpha value is -1.39. The minimum absolute atomic E-state index is 0.377. The van der Waals surface area contributed by atoms with Crippen molar-refractivity contribution in [2.24, 2.45) is 5.73 Å². The molecule has 0 spiro atoms. The second-order valence-electron chi connectivity index (χ2n) is 6.00. The molecule has 2 N–H and O–H groups in total. The SMILES string of the molecule is COc1ccc(CCC(C)(N)c2nc(C(C)C)cs2)cc1. The van der Waals surface area contributed by atoms with Gasteiger partial charge in [0.2, 0.25) is 0 Å². The van der Waals surface area contributed by atoms with Gasteiger partial charge in [0.25, 0.3) is 0 Å². The first kappa shape index (κ1) is 16.0. The molecular formula is C17H24N2OS. The number of nitrogens with two attached hydrogens (primary N) is 1. The number of aromatic nitrogens is 1. The van der Waals surface area contributed by atoms with Crippen LogP contribution in [0.2, 0.25) is 0 Å². The first-order chi connectivity index (χ1) is 9.92. The fraction of sp³-hybridized carbons (Fsp3) is 0.471. The van der Waals surface area contributed by atoms with E-state index < -0.39 is 0 Å². The van der Waals surface area contributed by atoms with E-state index in [4.69, 9.17) is 15.5 Å². The van der Waals surface area contributed by atoms with Crippen LogP contribution in [0.3, 0.4) is 0 Å². The summed E-state index contributed by atoms with van der Waals surface area (Å²) < 4.78 is 5.18. The van der Waals surface area contributed by atoms with Crippen LogP contribution in [0.4, 0.5) is 0 Å². The van der Waals surface area contributed by atoms with Gasteiger partial charge in [-0.25, -0.2) is 4.98 Å². The summed E-state index contributed by atoms with van der Waals surface area (Å²) in [5, 5.41) is 3.15. The monoisotopic (exact) mass is 304 g/mol. The molecule has 1 aromatic heterocycles. The van der Waals surface area contributed by atoms with Crippen LogP contribution >= 0.6 is 11.3 Å². The molecule has 0 bridgehead atoms. The minimum atomic E-state index is -0.377. The molecule has 1 heterocycles. The van der Waals surface area contributed by atoms with Gasteiger partial charge in [-0.15, -0.1) is 11.3 Å². The second kappa shape index (κ2) is 6.58. The molecule has 2 rings (SSSR count). The van der Waals surface area contributed by atoms with Crippen molar-refractivity contribution in [2.45, 2.75) is 45.1 Å². The molecule has 0 saturated heterocycles. The number of nitrogens with zero attached hydrogens (tertiary/aromatic N) is 1. The lowest BCUT2D eigenvalue weighted by Crippen LogP contribution is -2.33. The van der Waals surface area contributed by atoms with E-state index in [2.05, 4.69) is 38.3 Å². The summed E-state index contributed by atoms with van der Waals surface area (Å²) in [4.78, 5) is 4.69. The van der Waals surface area contributed by atoms with Crippen molar-refractivity contribution >= 4 is 11.3 Å². The Morgan fingerprint density at radius 2 is 1.95 bits per heavy atom. The summed E-state index contributed by atoms with van der Waals surface area (Å²) in [5.74, 6) is 1.34. The summed E-state index contributed by atoms with van der Waals surface area (Å²) in [6, 6.07) is 8.17. The Labute approximate surface area is 131 Å². The smallest absolute Gasteiger partial charge is 0.118 e. The molecule has 0 aliphatic rings. The second-order valence-corrected chi connectivity index (χ2v) is 6.86. The first-order valence-corrected chi connectivity index (χ1v) is 8.18. The van der Waals surface area contributed by atoms with E-state index >= 15 is 0 Å². The minimum Gasteiger partial charge on any atom is -0.497 e. The highest BCUT2D eigenvalue weighted by atomic mass is 32.1. The maximum absolute atomic E-state index is 6.48. The van der Waals surface area contributed by atoms with Crippen molar-refractivity contribution in [3.05, 3.63) is 45.9 Å². The summed E-state index contributed by atoms with van der Waals surface area (Å²) >= 11 is 1.67. The van der Waals surface area contributed by atoms with Crippen LogP contribution in [0.25, 0.3) is 0 Å². The van der Waals surface area contributed by atoms with Gasteiger partial charge in [-0.3, -0.25) is 0 Å².